The van der Waals surface area contributed by atoms with Gasteiger partial charge in [0.05, 0.1) is 33.0 Å². The number of thioether (sulfide) groups is 1. The lowest BCUT2D eigenvalue weighted by Crippen LogP contribution is -2.23. The molecule has 0 amide bonds. The highest BCUT2D eigenvalue weighted by Gasteiger charge is 1.92. The minimum absolute atomic E-state index is 0.645. The van der Waals surface area contributed by atoms with E-state index in [1.165, 1.54) is 6.42 Å². The SMILES string of the molecule is C=CCSCCNCCOCCOCCOCCCC. The van der Waals surface area contributed by atoms with E-state index in [9.17, 15) is 0 Å². The lowest BCUT2D eigenvalue weighted by atomic mass is 10.4. The molecule has 0 aliphatic carbocycles. The topological polar surface area (TPSA) is 39.7 Å². The zero-order valence-corrected chi connectivity index (χ0v) is 13.7. The molecule has 0 fully saturated rings. The minimum Gasteiger partial charge on any atom is -0.379 e. The van der Waals surface area contributed by atoms with Gasteiger partial charge < -0.3 is 19.5 Å². The normalized spacial score (nSPS) is 10.8. The van der Waals surface area contributed by atoms with Gasteiger partial charge in [-0.25, -0.2) is 0 Å². The molecule has 0 spiro atoms. The first-order valence-corrected chi connectivity index (χ1v) is 8.69. The van der Waals surface area contributed by atoms with E-state index >= 15 is 0 Å². The van der Waals surface area contributed by atoms with Gasteiger partial charge >= 0.3 is 0 Å². The van der Waals surface area contributed by atoms with Gasteiger partial charge in [0.2, 0.25) is 0 Å². The molecule has 0 aromatic heterocycles. The van der Waals surface area contributed by atoms with Crippen molar-refractivity contribution in [1.29, 1.82) is 0 Å². The van der Waals surface area contributed by atoms with Gasteiger partial charge in [0.25, 0.3) is 0 Å². The maximum Gasteiger partial charge on any atom is 0.0701 e. The van der Waals surface area contributed by atoms with E-state index < -0.39 is 0 Å². The Hall–Kier alpha value is -0.0700. The van der Waals surface area contributed by atoms with Crippen molar-refractivity contribution in [2.24, 2.45) is 0 Å². The summed E-state index contributed by atoms with van der Waals surface area (Å²) in [5.41, 5.74) is 0. The molecular weight excluding hydrogens is 274 g/mol. The average molecular weight is 305 g/mol. The third-order valence-corrected chi connectivity index (χ3v) is 3.43. The predicted octanol–water partition coefficient (Wildman–Crippen LogP) is 2.35. The van der Waals surface area contributed by atoms with Gasteiger partial charge in [-0.15, -0.1) is 6.58 Å². The van der Waals surface area contributed by atoms with Crippen LogP contribution in [0.15, 0.2) is 12.7 Å². The fourth-order valence-corrected chi connectivity index (χ4v) is 1.99. The van der Waals surface area contributed by atoms with Crippen LogP contribution in [0.4, 0.5) is 0 Å². The maximum absolute atomic E-state index is 5.46. The van der Waals surface area contributed by atoms with Crippen molar-refractivity contribution in [3.8, 4) is 0 Å². The van der Waals surface area contributed by atoms with Crippen LogP contribution in [-0.4, -0.2) is 64.2 Å². The molecule has 0 aliphatic rings. The largest absolute Gasteiger partial charge is 0.379 e. The molecule has 120 valence electrons. The molecule has 1 N–H and O–H groups in total. The molecule has 0 radical (unpaired) electrons. The Morgan fingerprint density at radius 1 is 0.950 bits per heavy atom. The lowest BCUT2D eigenvalue weighted by molar-refractivity contribution is 0.0147. The Morgan fingerprint density at radius 3 is 2.25 bits per heavy atom. The molecule has 0 atom stereocenters. The summed E-state index contributed by atoms with van der Waals surface area (Å²) in [4.78, 5) is 0. The number of hydrogen-bond donors (Lipinski definition) is 1. The zero-order chi connectivity index (χ0) is 14.7. The molecule has 0 rings (SSSR count). The first-order valence-electron chi connectivity index (χ1n) is 7.54. The number of hydrogen-bond acceptors (Lipinski definition) is 5. The highest BCUT2D eigenvalue weighted by Crippen LogP contribution is 1.96. The van der Waals surface area contributed by atoms with E-state index in [0.717, 1.165) is 44.2 Å². The Kier molecular flexibility index (Phi) is 18.9. The molecule has 0 aliphatic heterocycles. The number of rotatable bonds is 17. The van der Waals surface area contributed by atoms with Gasteiger partial charge in [-0.3, -0.25) is 0 Å². The van der Waals surface area contributed by atoms with Crippen LogP contribution in [-0.2, 0) is 14.2 Å². The Bertz CT molecular complexity index is 194. The Labute approximate surface area is 128 Å². The van der Waals surface area contributed by atoms with Crippen molar-refractivity contribution in [3.63, 3.8) is 0 Å². The van der Waals surface area contributed by atoms with Gasteiger partial charge in [-0.2, -0.15) is 11.8 Å². The number of unbranched alkanes of at least 4 members (excludes halogenated alkanes) is 1. The van der Waals surface area contributed by atoms with Crippen molar-refractivity contribution in [3.05, 3.63) is 12.7 Å². The fourth-order valence-electron chi connectivity index (χ4n) is 1.37. The molecule has 20 heavy (non-hydrogen) atoms. The highest BCUT2D eigenvalue weighted by molar-refractivity contribution is 7.99. The van der Waals surface area contributed by atoms with Gasteiger partial charge in [-0.1, -0.05) is 19.4 Å². The van der Waals surface area contributed by atoms with Crippen molar-refractivity contribution in [2.45, 2.75) is 19.8 Å². The zero-order valence-electron chi connectivity index (χ0n) is 12.9. The first kappa shape index (κ1) is 19.9. The standard InChI is InChI=1S/C15H31NO3S/c1-3-5-8-17-10-12-19-13-11-18-9-6-16-7-15-20-14-4-2/h4,16H,2-3,5-15H2,1H3. The maximum atomic E-state index is 5.46. The van der Waals surface area contributed by atoms with E-state index in [-0.39, 0.29) is 0 Å². The monoisotopic (exact) mass is 305 g/mol. The molecule has 4 nitrogen and oxygen atoms in total. The van der Waals surface area contributed by atoms with Gasteiger partial charge in [-0.05, 0) is 6.42 Å². The summed E-state index contributed by atoms with van der Waals surface area (Å²) >= 11 is 1.88. The lowest BCUT2D eigenvalue weighted by Gasteiger charge is -2.07. The third kappa shape index (κ3) is 17.9. The van der Waals surface area contributed by atoms with Crippen molar-refractivity contribution in [1.82, 2.24) is 5.32 Å². The van der Waals surface area contributed by atoms with Gasteiger partial charge in [0.15, 0.2) is 0 Å². The van der Waals surface area contributed by atoms with Crippen LogP contribution in [0.3, 0.4) is 0 Å². The number of ether oxygens (including phenoxy) is 3. The van der Waals surface area contributed by atoms with Crippen LogP contribution in [0.5, 0.6) is 0 Å². The van der Waals surface area contributed by atoms with E-state index in [4.69, 9.17) is 14.2 Å². The molecule has 0 bridgehead atoms. The third-order valence-electron chi connectivity index (χ3n) is 2.47. The second kappa shape index (κ2) is 18.9. The minimum atomic E-state index is 0.645. The van der Waals surface area contributed by atoms with Gasteiger partial charge in [0, 0.05) is 31.2 Å². The van der Waals surface area contributed by atoms with Crippen LogP contribution in [0.2, 0.25) is 0 Å². The molecule has 0 saturated carbocycles. The Morgan fingerprint density at radius 2 is 1.60 bits per heavy atom. The molecule has 5 heteroatoms. The van der Waals surface area contributed by atoms with E-state index in [0.29, 0.717) is 26.4 Å². The molecule has 0 unspecified atom stereocenters. The first-order chi connectivity index (χ1) is 9.91. The van der Waals surface area contributed by atoms with Crippen LogP contribution in [0.1, 0.15) is 19.8 Å². The van der Waals surface area contributed by atoms with E-state index in [2.05, 4.69) is 18.8 Å². The molecule has 0 saturated heterocycles. The van der Waals surface area contributed by atoms with Crippen LogP contribution in [0.25, 0.3) is 0 Å². The quantitative estimate of drug-likeness (QED) is 0.330. The summed E-state index contributed by atoms with van der Waals surface area (Å²) in [6, 6.07) is 0. The van der Waals surface area contributed by atoms with E-state index in [1.807, 2.05) is 17.8 Å². The Balaban J connectivity index is 2.90. The molecule has 0 heterocycles. The van der Waals surface area contributed by atoms with Crippen molar-refractivity contribution < 1.29 is 14.2 Å². The second-order valence-corrected chi connectivity index (χ2v) is 5.45. The summed E-state index contributed by atoms with van der Waals surface area (Å²) in [5, 5.41) is 3.33. The van der Waals surface area contributed by atoms with Crippen LogP contribution >= 0.6 is 11.8 Å². The summed E-state index contributed by atoms with van der Waals surface area (Å²) in [6.07, 6.45) is 4.24. The molecule has 0 aromatic rings. The number of nitrogens with one attached hydrogen (secondary N) is 1. The smallest absolute Gasteiger partial charge is 0.0701 e. The summed E-state index contributed by atoms with van der Waals surface area (Å²) in [7, 11) is 0. The van der Waals surface area contributed by atoms with Crippen molar-refractivity contribution in [2.75, 3.05) is 64.2 Å². The summed E-state index contributed by atoms with van der Waals surface area (Å²) in [5.74, 6) is 2.14. The van der Waals surface area contributed by atoms with Crippen molar-refractivity contribution >= 4 is 11.8 Å². The predicted molar refractivity (Wildman–Crippen MR) is 87.8 cm³/mol. The fraction of sp³-hybridized carbons (Fsp3) is 0.867. The van der Waals surface area contributed by atoms with E-state index in [1.54, 1.807) is 0 Å². The highest BCUT2D eigenvalue weighted by atomic mass is 32.2. The van der Waals surface area contributed by atoms with Crippen LogP contribution < -0.4 is 5.32 Å². The molecule has 0 aromatic carbocycles. The molecular formula is C15H31NO3S. The summed E-state index contributed by atoms with van der Waals surface area (Å²) < 4.78 is 16.2. The van der Waals surface area contributed by atoms with Gasteiger partial charge in [0.1, 0.15) is 0 Å². The average Bonchev–Trinajstić information content (AvgIpc) is 2.47. The van der Waals surface area contributed by atoms with Crippen LogP contribution in [0, 0.1) is 0 Å². The summed E-state index contributed by atoms with van der Waals surface area (Å²) in [6.45, 7) is 12.0. The second-order valence-electron chi connectivity index (χ2n) is 4.30.